The van der Waals surface area contributed by atoms with E-state index in [0.29, 0.717) is 24.5 Å². The Kier molecular flexibility index (Phi) is 8.39. The number of fused-ring (bicyclic) bond motifs is 1. The molecule has 0 aliphatic carbocycles. The smallest absolute Gasteiger partial charge is 0.338 e. The molecule has 0 radical (unpaired) electrons. The first-order chi connectivity index (χ1) is 19.6. The first-order valence-electron chi connectivity index (χ1n) is 13.6. The van der Waals surface area contributed by atoms with E-state index >= 15 is 0 Å². The molecule has 204 valence electrons. The van der Waals surface area contributed by atoms with Crippen molar-refractivity contribution in [2.75, 3.05) is 25.2 Å². The lowest BCUT2D eigenvalue weighted by Crippen LogP contribution is -2.39. The molecule has 6 nitrogen and oxygen atoms in total. The van der Waals surface area contributed by atoms with E-state index in [1.807, 2.05) is 105 Å². The van der Waals surface area contributed by atoms with Gasteiger partial charge < -0.3 is 19.1 Å². The highest BCUT2D eigenvalue weighted by atomic mass is 16.7. The maximum absolute atomic E-state index is 14.5. The summed E-state index contributed by atoms with van der Waals surface area (Å²) in [7, 11) is 1.33. The molecule has 1 heterocycles. The van der Waals surface area contributed by atoms with E-state index in [4.69, 9.17) is 14.2 Å². The predicted molar refractivity (Wildman–Crippen MR) is 155 cm³/mol. The second-order valence-electron chi connectivity index (χ2n) is 9.51. The summed E-state index contributed by atoms with van der Waals surface area (Å²) >= 11 is 0. The Morgan fingerprint density at radius 2 is 1.43 bits per heavy atom. The monoisotopic (exact) mass is 535 g/mol. The second kappa shape index (κ2) is 12.3. The summed E-state index contributed by atoms with van der Waals surface area (Å²) in [5, 5.41) is 0. The molecule has 0 bridgehead atoms. The minimum atomic E-state index is -0.583. The van der Waals surface area contributed by atoms with Crippen LogP contribution in [-0.2, 0) is 14.2 Å². The van der Waals surface area contributed by atoms with Crippen LogP contribution in [0.2, 0.25) is 0 Å². The Morgan fingerprint density at radius 1 is 0.800 bits per heavy atom. The molecule has 0 saturated carbocycles. The molecule has 5 rings (SSSR count). The van der Waals surface area contributed by atoms with Crippen molar-refractivity contribution < 1.29 is 23.8 Å². The van der Waals surface area contributed by atoms with E-state index in [-0.39, 0.29) is 17.4 Å². The number of nitrogens with zero attached hydrogens (tertiary/aromatic N) is 1. The third-order valence-electron chi connectivity index (χ3n) is 7.19. The summed E-state index contributed by atoms with van der Waals surface area (Å²) in [6.45, 7) is 4.88. The average Bonchev–Trinajstić information content (AvgIpc) is 3.01. The van der Waals surface area contributed by atoms with E-state index in [1.54, 1.807) is 12.1 Å². The molecule has 0 fully saturated rings. The number of ether oxygens (including phenoxy) is 3. The molecule has 0 amide bonds. The van der Waals surface area contributed by atoms with Gasteiger partial charge in [-0.15, -0.1) is 0 Å². The largest absolute Gasteiger partial charge is 0.465 e. The molecule has 40 heavy (non-hydrogen) atoms. The highest BCUT2D eigenvalue weighted by Crippen LogP contribution is 2.51. The predicted octanol–water partition coefficient (Wildman–Crippen LogP) is 7.40. The van der Waals surface area contributed by atoms with Gasteiger partial charge in [-0.2, -0.15) is 0 Å². The zero-order valence-corrected chi connectivity index (χ0v) is 22.9. The molecule has 0 spiro atoms. The van der Waals surface area contributed by atoms with Crippen LogP contribution in [0.25, 0.3) is 0 Å². The van der Waals surface area contributed by atoms with Gasteiger partial charge in [0.05, 0.1) is 35.9 Å². The van der Waals surface area contributed by atoms with Crippen molar-refractivity contribution in [3.8, 4) is 0 Å². The zero-order chi connectivity index (χ0) is 28.1. The molecule has 0 saturated heterocycles. The van der Waals surface area contributed by atoms with Gasteiger partial charge in [-0.05, 0) is 49.2 Å². The van der Waals surface area contributed by atoms with Crippen molar-refractivity contribution in [3.05, 3.63) is 131 Å². The Hall–Kier alpha value is -4.26. The molecule has 4 aromatic rings. The number of carbonyl (C=O) groups is 2. The molecule has 4 aromatic carbocycles. The van der Waals surface area contributed by atoms with Gasteiger partial charge in [-0.25, -0.2) is 4.79 Å². The number of carbonyl (C=O) groups excluding carboxylic acids is 2. The van der Waals surface area contributed by atoms with Crippen LogP contribution in [0.15, 0.2) is 103 Å². The molecular formula is C34H33NO5. The van der Waals surface area contributed by atoms with Gasteiger partial charge >= 0.3 is 5.97 Å². The van der Waals surface area contributed by atoms with Gasteiger partial charge in [0.25, 0.3) is 0 Å². The molecule has 6 heteroatoms. The normalized spacial score (nSPS) is 16.6. The third kappa shape index (κ3) is 5.16. The van der Waals surface area contributed by atoms with Gasteiger partial charge in [0.15, 0.2) is 12.1 Å². The number of benzene rings is 4. The van der Waals surface area contributed by atoms with Crippen molar-refractivity contribution in [1.29, 1.82) is 0 Å². The summed E-state index contributed by atoms with van der Waals surface area (Å²) in [6, 6.07) is 32.7. The number of Topliss-reactive ketones (excluding diaryl/α,β-unsaturated/α-hetero) is 1. The van der Waals surface area contributed by atoms with Crippen molar-refractivity contribution in [3.63, 3.8) is 0 Å². The summed E-state index contributed by atoms with van der Waals surface area (Å²) in [4.78, 5) is 29.6. The van der Waals surface area contributed by atoms with Crippen LogP contribution in [0.4, 0.5) is 11.4 Å². The second-order valence-corrected chi connectivity index (χ2v) is 9.51. The first-order valence-corrected chi connectivity index (χ1v) is 13.6. The standard InChI is InChI=1S/C34H33NO5/c1-4-39-34(40-5-2)25-18-12-19-26(22-25)35-28-21-13-20-27(33(37)38-3)30(28)32(36)29(23-14-8-6-9-15-23)31(35)24-16-10-7-11-17-24/h6-22,29,31,34H,4-5H2,1-3H3. The van der Waals surface area contributed by atoms with Crippen LogP contribution >= 0.6 is 0 Å². The lowest BCUT2D eigenvalue weighted by molar-refractivity contribution is -0.140. The lowest BCUT2D eigenvalue weighted by atomic mass is 9.75. The van der Waals surface area contributed by atoms with E-state index in [1.165, 1.54) is 7.11 Å². The van der Waals surface area contributed by atoms with Crippen LogP contribution in [-0.4, -0.2) is 32.1 Å². The fourth-order valence-corrected chi connectivity index (χ4v) is 5.53. The van der Waals surface area contributed by atoms with Crippen LogP contribution in [0.3, 0.4) is 0 Å². The van der Waals surface area contributed by atoms with Gasteiger partial charge in [-0.3, -0.25) is 4.79 Å². The summed E-state index contributed by atoms with van der Waals surface area (Å²) < 4.78 is 16.9. The maximum atomic E-state index is 14.5. The number of methoxy groups -OCH3 is 1. The highest BCUT2D eigenvalue weighted by molar-refractivity contribution is 6.15. The SMILES string of the molecule is CCOC(OCC)c1cccc(N2c3cccc(C(=O)OC)c3C(=O)C(c3ccccc3)C2c2ccccc2)c1. The summed E-state index contributed by atoms with van der Waals surface area (Å²) in [5.41, 5.74) is 4.83. The van der Waals surface area contributed by atoms with Gasteiger partial charge in [0, 0.05) is 24.5 Å². The van der Waals surface area contributed by atoms with E-state index < -0.39 is 18.2 Å². The average molecular weight is 536 g/mol. The minimum Gasteiger partial charge on any atom is -0.465 e. The molecule has 1 aliphatic heterocycles. The van der Waals surface area contributed by atoms with Crippen molar-refractivity contribution in [2.24, 2.45) is 0 Å². The Balaban J connectivity index is 1.80. The Morgan fingerprint density at radius 3 is 2.05 bits per heavy atom. The number of esters is 1. The zero-order valence-electron chi connectivity index (χ0n) is 22.9. The van der Waals surface area contributed by atoms with E-state index in [0.717, 1.165) is 22.4 Å². The number of anilines is 2. The van der Waals surface area contributed by atoms with Crippen molar-refractivity contribution >= 4 is 23.1 Å². The van der Waals surface area contributed by atoms with Gasteiger partial charge in [0.1, 0.15) is 0 Å². The van der Waals surface area contributed by atoms with Crippen LogP contribution < -0.4 is 4.90 Å². The van der Waals surface area contributed by atoms with E-state index in [2.05, 4.69) is 4.90 Å². The molecule has 0 N–H and O–H groups in total. The fraction of sp³-hybridized carbons (Fsp3) is 0.235. The van der Waals surface area contributed by atoms with Crippen molar-refractivity contribution in [1.82, 2.24) is 0 Å². The van der Waals surface area contributed by atoms with Crippen LogP contribution in [0.5, 0.6) is 0 Å². The first kappa shape index (κ1) is 27.3. The quantitative estimate of drug-likeness (QED) is 0.164. The molecule has 2 unspecified atom stereocenters. The number of hydrogen-bond donors (Lipinski definition) is 0. The number of hydrogen-bond acceptors (Lipinski definition) is 6. The molecule has 0 aromatic heterocycles. The topological polar surface area (TPSA) is 65.1 Å². The summed E-state index contributed by atoms with van der Waals surface area (Å²) in [5.74, 6) is -1.25. The lowest BCUT2D eigenvalue weighted by Gasteiger charge is -2.44. The molecule has 2 atom stereocenters. The molecule has 1 aliphatic rings. The van der Waals surface area contributed by atoms with Crippen molar-refractivity contribution in [2.45, 2.75) is 32.1 Å². The van der Waals surface area contributed by atoms with Crippen LogP contribution in [0, 0.1) is 0 Å². The van der Waals surface area contributed by atoms with Gasteiger partial charge in [-0.1, -0.05) is 78.9 Å². The maximum Gasteiger partial charge on any atom is 0.338 e. The third-order valence-corrected chi connectivity index (χ3v) is 7.19. The minimum absolute atomic E-state index is 0.120. The Bertz CT molecular complexity index is 1460. The van der Waals surface area contributed by atoms with Gasteiger partial charge in [0.2, 0.25) is 0 Å². The number of rotatable bonds is 9. The Labute approximate surface area is 235 Å². The number of ketones is 1. The van der Waals surface area contributed by atoms with E-state index in [9.17, 15) is 9.59 Å². The summed E-state index contributed by atoms with van der Waals surface area (Å²) in [6.07, 6.45) is -0.526. The van der Waals surface area contributed by atoms with Crippen LogP contribution in [0.1, 0.15) is 69.5 Å². The molecular weight excluding hydrogens is 502 g/mol. The highest BCUT2D eigenvalue weighted by Gasteiger charge is 2.44. The fourth-order valence-electron chi connectivity index (χ4n) is 5.53.